The first-order chi connectivity index (χ1) is 33.5. The Labute approximate surface area is 404 Å². The summed E-state index contributed by atoms with van der Waals surface area (Å²) in [6, 6.07) is 12.6. The van der Waals surface area contributed by atoms with Gasteiger partial charge in [-0.3, -0.25) is 19.2 Å². The number of nitrogens with two attached hydrogens (primary N) is 1. The summed E-state index contributed by atoms with van der Waals surface area (Å²) in [6.45, 7) is 2.42. The average molecular weight is 959 g/mol. The summed E-state index contributed by atoms with van der Waals surface area (Å²) in [5, 5.41) is 82.8. The summed E-state index contributed by atoms with van der Waals surface area (Å²) < 4.78 is 18.1. The van der Waals surface area contributed by atoms with Crippen molar-refractivity contribution in [2.24, 2.45) is 11.7 Å². The van der Waals surface area contributed by atoms with Gasteiger partial charge in [-0.05, 0) is 105 Å². The maximum absolute atomic E-state index is 15.7. The van der Waals surface area contributed by atoms with E-state index in [0.717, 1.165) is 12.5 Å². The van der Waals surface area contributed by atoms with Crippen LogP contribution in [0.2, 0.25) is 0 Å². The minimum Gasteiger partial charge on any atom is -0.507 e. The molecule has 16 heteroatoms. The first-order valence-electron chi connectivity index (χ1n) is 23.5. The van der Waals surface area contributed by atoms with Crippen molar-refractivity contribution in [2.45, 2.75) is 120 Å². The Morgan fingerprint density at radius 1 is 0.957 bits per heavy atom. The molecule has 4 aliphatic rings. The van der Waals surface area contributed by atoms with Crippen LogP contribution < -0.4 is 20.5 Å². The molecule has 4 aromatic rings. The Morgan fingerprint density at radius 2 is 1.71 bits per heavy atom. The van der Waals surface area contributed by atoms with Crippen LogP contribution in [0, 0.1) is 17.8 Å². The number of aldehydes is 1. The Hall–Kier alpha value is -6.10. The van der Waals surface area contributed by atoms with Crippen molar-refractivity contribution in [3.05, 3.63) is 121 Å². The smallest absolute Gasteiger partial charge is 0.308 e. The lowest BCUT2D eigenvalue weighted by Gasteiger charge is -2.39. The van der Waals surface area contributed by atoms with Gasteiger partial charge >= 0.3 is 5.97 Å². The molecule has 3 aliphatic carbocycles. The van der Waals surface area contributed by atoms with Gasteiger partial charge in [0.2, 0.25) is 6.29 Å². The van der Waals surface area contributed by atoms with Gasteiger partial charge in [-0.2, -0.15) is 0 Å². The number of carbonyl (C=O) groups excluding carboxylic acids is 4. The maximum atomic E-state index is 15.7. The van der Waals surface area contributed by atoms with E-state index in [9.17, 15) is 45.3 Å². The van der Waals surface area contributed by atoms with Crippen LogP contribution in [0.1, 0.15) is 133 Å². The van der Waals surface area contributed by atoms with Gasteiger partial charge in [-0.1, -0.05) is 60.4 Å². The molecule has 9 unspecified atom stereocenters. The van der Waals surface area contributed by atoms with E-state index in [-0.39, 0.29) is 87.6 Å². The molecular weight excluding hydrogens is 901 g/mol. The molecule has 4 aromatic carbocycles. The number of fused-ring (bicyclic) bond motifs is 2. The first-order valence-corrected chi connectivity index (χ1v) is 23.5. The zero-order chi connectivity index (χ0) is 50.2. The van der Waals surface area contributed by atoms with Crippen molar-refractivity contribution < 1.29 is 69.1 Å². The zero-order valence-electron chi connectivity index (χ0n) is 39.1. The number of aliphatic hydroxyl groups excluding tert-OH is 5. The lowest BCUT2D eigenvalue weighted by atomic mass is 9.75. The Morgan fingerprint density at radius 3 is 2.44 bits per heavy atom. The third kappa shape index (κ3) is 9.69. The molecule has 0 spiro atoms. The van der Waals surface area contributed by atoms with Crippen LogP contribution in [-0.4, -0.2) is 116 Å². The summed E-state index contributed by atoms with van der Waals surface area (Å²) >= 11 is 0. The van der Waals surface area contributed by atoms with Crippen molar-refractivity contribution in [1.82, 2.24) is 5.32 Å². The molecule has 0 aromatic heterocycles. The lowest BCUT2D eigenvalue weighted by molar-refractivity contribution is -0.268. The van der Waals surface area contributed by atoms with Crippen LogP contribution in [0.5, 0.6) is 17.2 Å². The SMILES string of the molecule is CNCC1CCC(O)(c2cccc(Cc3c(O)c4c5c(c3OC3OC(C)C(O)C(O)C3O)CC#CC(N)CCC(O)Cc3cccc(c3)C=Cc3c(OC(C)=O)cc(CO)c(c3C5=O)C4=O)c2C=O)C1. The van der Waals surface area contributed by atoms with Crippen LogP contribution in [0.3, 0.4) is 0 Å². The van der Waals surface area contributed by atoms with E-state index in [4.69, 9.17) is 19.9 Å². The van der Waals surface area contributed by atoms with E-state index in [1.807, 2.05) is 19.2 Å². The molecule has 70 heavy (non-hydrogen) atoms. The summed E-state index contributed by atoms with van der Waals surface area (Å²) in [7, 11) is 1.82. The average Bonchev–Trinajstić information content (AvgIpc) is 3.72. The molecule has 1 aliphatic heterocycles. The fourth-order valence-corrected chi connectivity index (χ4v) is 10.4. The molecule has 0 amide bonds. The highest BCUT2D eigenvalue weighted by atomic mass is 16.7. The fourth-order valence-electron chi connectivity index (χ4n) is 10.4. The third-order valence-electron chi connectivity index (χ3n) is 13.9. The Kier molecular flexibility index (Phi) is 14.9. The zero-order valence-corrected chi connectivity index (χ0v) is 39.1. The van der Waals surface area contributed by atoms with E-state index in [1.165, 1.54) is 19.1 Å². The van der Waals surface area contributed by atoms with Gasteiger partial charge in [0.05, 0.1) is 36.0 Å². The molecule has 1 heterocycles. The van der Waals surface area contributed by atoms with Gasteiger partial charge < -0.3 is 61.0 Å². The summed E-state index contributed by atoms with van der Waals surface area (Å²) in [6.07, 6.45) is -3.74. The molecule has 1 saturated carbocycles. The number of phenolic OH excluding ortho intramolecular Hbond substituents is 1. The second-order valence-corrected chi connectivity index (χ2v) is 18.8. The summed E-state index contributed by atoms with van der Waals surface area (Å²) in [4.78, 5) is 56.9. The highest BCUT2D eigenvalue weighted by molar-refractivity contribution is 6.32. The fraction of sp³-hybridized carbons (Fsp3) is 0.407. The predicted octanol–water partition coefficient (Wildman–Crippen LogP) is 3.14. The highest BCUT2D eigenvalue weighted by Gasteiger charge is 2.46. The monoisotopic (exact) mass is 958 g/mol. The van der Waals surface area contributed by atoms with Gasteiger partial charge in [0, 0.05) is 58.7 Å². The van der Waals surface area contributed by atoms with Crippen LogP contribution in [-0.2, 0) is 41.0 Å². The molecule has 8 rings (SSSR count). The number of phenols is 1. The molecule has 10 N–H and O–H groups in total. The van der Waals surface area contributed by atoms with Gasteiger partial charge in [0.1, 0.15) is 35.6 Å². The van der Waals surface area contributed by atoms with E-state index in [0.29, 0.717) is 43.2 Å². The minimum absolute atomic E-state index is 0.0192. The number of nitrogens with one attached hydrogen (secondary N) is 1. The number of carbonyl (C=O) groups is 4. The topological polar surface area (TPSA) is 276 Å². The van der Waals surface area contributed by atoms with Gasteiger partial charge in [-0.15, -0.1) is 0 Å². The molecule has 4 bridgehead atoms. The second-order valence-electron chi connectivity index (χ2n) is 18.8. The third-order valence-corrected chi connectivity index (χ3v) is 13.9. The number of esters is 1. The number of benzene rings is 4. The number of aromatic hydroxyl groups is 1. The Balaban J connectivity index is 1.42. The number of ketones is 2. The van der Waals surface area contributed by atoms with Gasteiger partial charge in [-0.25, -0.2) is 0 Å². The minimum atomic E-state index is -1.91. The molecule has 9 atom stereocenters. The predicted molar refractivity (Wildman–Crippen MR) is 255 cm³/mol. The van der Waals surface area contributed by atoms with Crippen molar-refractivity contribution in [2.75, 3.05) is 13.6 Å². The summed E-state index contributed by atoms with van der Waals surface area (Å²) in [5.74, 6) is 2.29. The Bertz CT molecular complexity index is 2830. The normalized spacial score (nSPS) is 26.4. The van der Waals surface area contributed by atoms with Crippen LogP contribution in [0.4, 0.5) is 0 Å². The maximum Gasteiger partial charge on any atom is 0.308 e. The summed E-state index contributed by atoms with van der Waals surface area (Å²) in [5.41, 5.74) is 5.40. The van der Waals surface area contributed by atoms with E-state index >= 15 is 9.59 Å². The van der Waals surface area contributed by atoms with Crippen LogP contribution >= 0.6 is 0 Å². The number of ether oxygens (including phenoxy) is 3. The number of hydrogen-bond donors (Lipinski definition) is 9. The number of rotatable bonds is 10. The molecule has 0 radical (unpaired) electrons. The van der Waals surface area contributed by atoms with Crippen molar-refractivity contribution >= 4 is 36.0 Å². The van der Waals surface area contributed by atoms with E-state index in [1.54, 1.807) is 36.4 Å². The van der Waals surface area contributed by atoms with Crippen LogP contribution in [0.15, 0.2) is 48.5 Å². The van der Waals surface area contributed by atoms with Crippen molar-refractivity contribution in [3.63, 3.8) is 0 Å². The quantitative estimate of drug-likeness (QED) is 0.0421. The van der Waals surface area contributed by atoms with Crippen molar-refractivity contribution in [1.29, 1.82) is 0 Å². The second kappa shape index (κ2) is 20.7. The number of aliphatic hydroxyl groups is 6. The van der Waals surface area contributed by atoms with E-state index in [2.05, 4.69) is 17.2 Å². The standard InChI is InChI=1S/C54H58N2O14/c1-27-46(61)50(65)51(66)53(68-27)70-52-37-11-6-10-34(55)14-15-35(60)20-30-8-4-7-29(19-30)13-16-36-41(69-28(2)59)22-33(25-57)42-43(36)49(64)44(37)45(48(42)63)47(62)38(52)21-32-9-5-12-40(39(32)26-58)54(67)18-17-31(23-54)24-56-3/h4-5,7-9,12-13,16,19,22,26-27,31,34-35,46,50-51,53,56-57,60-62,65-67H,11,14-15,17-18,20-21,23-25,55H2,1-3H3. The molecule has 16 nitrogen and oxygen atoms in total. The molecule has 1 saturated heterocycles. The molecule has 368 valence electrons. The largest absolute Gasteiger partial charge is 0.507 e. The molecular formula is C54H58N2O14. The van der Waals surface area contributed by atoms with Gasteiger partial charge in [0.25, 0.3) is 0 Å². The number of hydrogen-bond acceptors (Lipinski definition) is 16. The van der Waals surface area contributed by atoms with E-state index < -0.39 is 95.9 Å². The van der Waals surface area contributed by atoms with Gasteiger partial charge in [0.15, 0.2) is 17.9 Å². The van der Waals surface area contributed by atoms with Crippen molar-refractivity contribution in [3.8, 4) is 29.1 Å². The highest BCUT2D eigenvalue weighted by Crippen LogP contribution is 2.49. The lowest BCUT2D eigenvalue weighted by Crippen LogP contribution is -2.58. The molecule has 2 fully saturated rings. The van der Waals surface area contributed by atoms with Crippen LogP contribution in [0.25, 0.3) is 12.2 Å². The first kappa shape index (κ1) is 50.3.